The van der Waals surface area contributed by atoms with Crippen molar-refractivity contribution in [2.24, 2.45) is 0 Å². The maximum Gasteiger partial charge on any atom is 0.274 e. The molecule has 98 valence electrons. The number of nitrogens with zero attached hydrogens (tertiary/aromatic N) is 3. The summed E-state index contributed by atoms with van der Waals surface area (Å²) in [4.78, 5) is 21.5. The van der Waals surface area contributed by atoms with Gasteiger partial charge in [0.25, 0.3) is 5.91 Å². The van der Waals surface area contributed by atoms with Gasteiger partial charge in [0.2, 0.25) is 0 Å². The molecule has 1 aliphatic rings. The van der Waals surface area contributed by atoms with E-state index in [0.717, 1.165) is 5.69 Å². The molecule has 18 heavy (non-hydrogen) atoms. The Morgan fingerprint density at radius 1 is 1.39 bits per heavy atom. The zero-order chi connectivity index (χ0) is 13.3. The van der Waals surface area contributed by atoms with Crippen molar-refractivity contribution in [1.82, 2.24) is 14.9 Å². The summed E-state index contributed by atoms with van der Waals surface area (Å²) in [7, 11) is -1.39. The van der Waals surface area contributed by atoms with Crippen LogP contribution in [0, 0.1) is 6.92 Å². The van der Waals surface area contributed by atoms with Gasteiger partial charge in [-0.2, -0.15) is 0 Å². The summed E-state index contributed by atoms with van der Waals surface area (Å²) in [6, 6.07) is -0.259. The summed E-state index contributed by atoms with van der Waals surface area (Å²) in [6.45, 7) is 1.79. The number of carbonyl (C=O) groups excluding carboxylic acids is 1. The molecule has 2 heterocycles. The van der Waals surface area contributed by atoms with Gasteiger partial charge in [-0.15, -0.1) is 0 Å². The van der Waals surface area contributed by atoms with Gasteiger partial charge in [0, 0.05) is 19.3 Å². The molecule has 0 saturated carbocycles. The van der Waals surface area contributed by atoms with E-state index >= 15 is 0 Å². The molecule has 0 radical (unpaired) electrons. The van der Waals surface area contributed by atoms with Crippen molar-refractivity contribution in [3.63, 3.8) is 0 Å². The Morgan fingerprint density at radius 2 is 2.11 bits per heavy atom. The second-order valence-corrected chi connectivity index (χ2v) is 6.74. The molecule has 2 rings (SSSR count). The van der Waals surface area contributed by atoms with Crippen molar-refractivity contribution in [2.45, 2.75) is 19.4 Å². The zero-order valence-corrected chi connectivity index (χ0v) is 11.1. The highest BCUT2D eigenvalue weighted by atomic mass is 32.2. The number of hydrogen-bond acceptors (Lipinski definition) is 5. The Morgan fingerprint density at radius 3 is 2.61 bits per heavy atom. The average Bonchev–Trinajstić information content (AvgIpc) is 2.69. The molecule has 1 unspecified atom stereocenters. The molecule has 1 aromatic heterocycles. The average molecular weight is 269 g/mol. The molecule has 0 N–H and O–H groups in total. The molecule has 0 spiro atoms. The van der Waals surface area contributed by atoms with Gasteiger partial charge in [-0.05, 0) is 13.3 Å². The Bertz CT molecular complexity index is 553. The molecule has 1 aromatic rings. The van der Waals surface area contributed by atoms with Gasteiger partial charge in [0.1, 0.15) is 5.69 Å². The third-order valence-corrected chi connectivity index (χ3v) is 4.83. The lowest BCUT2D eigenvalue weighted by Gasteiger charge is -2.22. The van der Waals surface area contributed by atoms with E-state index in [2.05, 4.69) is 9.97 Å². The Kier molecular flexibility index (Phi) is 3.34. The van der Waals surface area contributed by atoms with Gasteiger partial charge in [-0.3, -0.25) is 9.78 Å². The lowest BCUT2D eigenvalue weighted by atomic mass is 10.2. The number of hydrogen-bond donors (Lipinski definition) is 0. The van der Waals surface area contributed by atoms with Crippen LogP contribution in [0.1, 0.15) is 22.6 Å². The summed E-state index contributed by atoms with van der Waals surface area (Å²) in [5.74, 6) is -0.103. The monoisotopic (exact) mass is 269 g/mol. The molecule has 1 saturated heterocycles. The van der Waals surface area contributed by atoms with Crippen LogP contribution in [-0.2, 0) is 9.84 Å². The van der Waals surface area contributed by atoms with Gasteiger partial charge in [-0.25, -0.2) is 13.4 Å². The fourth-order valence-electron chi connectivity index (χ4n) is 1.93. The van der Waals surface area contributed by atoms with Crippen LogP contribution in [0.3, 0.4) is 0 Å². The van der Waals surface area contributed by atoms with E-state index in [0.29, 0.717) is 6.42 Å². The smallest absolute Gasteiger partial charge is 0.274 e. The van der Waals surface area contributed by atoms with Crippen LogP contribution in [0.25, 0.3) is 0 Å². The minimum absolute atomic E-state index is 0.0362. The number of amides is 1. The first-order valence-corrected chi connectivity index (χ1v) is 7.47. The Hall–Kier alpha value is -1.50. The molecule has 0 aliphatic carbocycles. The first-order valence-electron chi connectivity index (χ1n) is 5.65. The molecule has 7 heteroatoms. The fourth-order valence-corrected chi connectivity index (χ4v) is 3.70. The standard InChI is InChI=1S/C11H15N3O3S/c1-8-5-13-10(6-12-8)11(15)14(2)9-3-4-18(16,17)7-9/h5-6,9H,3-4,7H2,1-2H3. The fraction of sp³-hybridized carbons (Fsp3) is 0.545. The minimum atomic E-state index is -2.99. The molecule has 0 bridgehead atoms. The normalized spacial score (nSPS) is 21.8. The highest BCUT2D eigenvalue weighted by Gasteiger charge is 2.33. The van der Waals surface area contributed by atoms with Crippen molar-refractivity contribution >= 4 is 15.7 Å². The topological polar surface area (TPSA) is 80.2 Å². The molecule has 6 nitrogen and oxygen atoms in total. The van der Waals surface area contributed by atoms with Gasteiger partial charge >= 0.3 is 0 Å². The molecule has 1 amide bonds. The number of aryl methyl sites for hydroxylation is 1. The lowest BCUT2D eigenvalue weighted by molar-refractivity contribution is 0.0741. The number of carbonyl (C=O) groups is 1. The molecule has 1 atom stereocenters. The Balaban J connectivity index is 2.12. The quantitative estimate of drug-likeness (QED) is 0.757. The van der Waals surface area contributed by atoms with Crippen molar-refractivity contribution < 1.29 is 13.2 Å². The van der Waals surface area contributed by atoms with Crippen molar-refractivity contribution in [1.29, 1.82) is 0 Å². The summed E-state index contributed by atoms with van der Waals surface area (Å²) >= 11 is 0. The zero-order valence-electron chi connectivity index (χ0n) is 10.3. The molecule has 1 aliphatic heterocycles. The van der Waals surface area contributed by atoms with Crippen LogP contribution in [0.4, 0.5) is 0 Å². The number of rotatable bonds is 2. The van der Waals surface area contributed by atoms with Crippen LogP contribution >= 0.6 is 0 Å². The van der Waals surface area contributed by atoms with Crippen LogP contribution < -0.4 is 0 Å². The first-order chi connectivity index (χ1) is 8.39. The van der Waals surface area contributed by atoms with Crippen molar-refractivity contribution in [2.75, 3.05) is 18.6 Å². The maximum atomic E-state index is 12.1. The van der Waals surface area contributed by atoms with Gasteiger partial charge in [-0.1, -0.05) is 0 Å². The molecule has 1 fully saturated rings. The summed E-state index contributed by atoms with van der Waals surface area (Å²) in [5, 5.41) is 0. The number of aromatic nitrogens is 2. The van der Waals surface area contributed by atoms with E-state index in [1.54, 1.807) is 14.0 Å². The van der Waals surface area contributed by atoms with Crippen LogP contribution in [-0.4, -0.2) is 53.8 Å². The second-order valence-electron chi connectivity index (χ2n) is 4.52. The van der Waals surface area contributed by atoms with Gasteiger partial charge < -0.3 is 4.90 Å². The van der Waals surface area contributed by atoms with E-state index in [1.807, 2.05) is 0 Å². The Labute approximate surface area is 106 Å². The summed E-state index contributed by atoms with van der Waals surface area (Å²) in [5.41, 5.74) is 0.977. The highest BCUT2D eigenvalue weighted by Crippen LogP contribution is 2.17. The second kappa shape index (κ2) is 4.64. The van der Waals surface area contributed by atoms with Crippen LogP contribution in [0.5, 0.6) is 0 Å². The predicted octanol–water partition coefficient (Wildman–Crippen LogP) is 0.0441. The largest absolute Gasteiger partial charge is 0.336 e. The van der Waals surface area contributed by atoms with Gasteiger partial charge in [0.05, 0.1) is 23.4 Å². The van der Waals surface area contributed by atoms with Crippen molar-refractivity contribution in [3.05, 3.63) is 23.8 Å². The SMILES string of the molecule is Cc1cnc(C(=O)N(C)C2CCS(=O)(=O)C2)cn1. The van der Waals surface area contributed by atoms with E-state index in [-0.39, 0.29) is 29.1 Å². The summed E-state index contributed by atoms with van der Waals surface area (Å²) in [6.07, 6.45) is 3.42. The minimum Gasteiger partial charge on any atom is -0.336 e. The van der Waals surface area contributed by atoms with Crippen molar-refractivity contribution in [3.8, 4) is 0 Å². The number of sulfone groups is 1. The van der Waals surface area contributed by atoms with Crippen LogP contribution in [0.2, 0.25) is 0 Å². The van der Waals surface area contributed by atoms with E-state index in [1.165, 1.54) is 17.3 Å². The summed E-state index contributed by atoms with van der Waals surface area (Å²) < 4.78 is 22.8. The highest BCUT2D eigenvalue weighted by molar-refractivity contribution is 7.91. The molecule has 0 aromatic carbocycles. The van der Waals surface area contributed by atoms with E-state index < -0.39 is 9.84 Å². The van der Waals surface area contributed by atoms with E-state index in [4.69, 9.17) is 0 Å². The van der Waals surface area contributed by atoms with E-state index in [9.17, 15) is 13.2 Å². The molecular formula is C11H15N3O3S. The molecular weight excluding hydrogens is 254 g/mol. The first kappa shape index (κ1) is 12.9. The third-order valence-electron chi connectivity index (χ3n) is 3.08. The lowest BCUT2D eigenvalue weighted by Crippen LogP contribution is -2.38. The predicted molar refractivity (Wildman–Crippen MR) is 65.9 cm³/mol. The van der Waals surface area contributed by atoms with Crippen LogP contribution in [0.15, 0.2) is 12.4 Å². The third kappa shape index (κ3) is 2.66. The van der Waals surface area contributed by atoms with Gasteiger partial charge in [0.15, 0.2) is 9.84 Å². The maximum absolute atomic E-state index is 12.1.